The Balaban J connectivity index is 1.32. The normalized spacial score (nSPS) is 16.9. The molecule has 5 rings (SSSR count). The number of ketones is 1. The number of nitrogens with zero attached hydrogens (tertiary/aromatic N) is 1. The first-order chi connectivity index (χ1) is 18.1. The molecule has 0 radical (unpaired) electrons. The van der Waals surface area contributed by atoms with Gasteiger partial charge in [-0.15, -0.1) is 0 Å². The first-order valence-corrected chi connectivity index (χ1v) is 13.6. The van der Waals surface area contributed by atoms with E-state index in [1.54, 1.807) is 0 Å². The molecule has 1 atom stereocenters. The van der Waals surface area contributed by atoms with Gasteiger partial charge in [0.15, 0.2) is 5.78 Å². The van der Waals surface area contributed by atoms with Crippen LogP contribution in [0.2, 0.25) is 0 Å². The van der Waals surface area contributed by atoms with E-state index in [1.807, 2.05) is 18.2 Å². The van der Waals surface area contributed by atoms with E-state index in [-0.39, 0.29) is 11.7 Å². The Kier molecular flexibility index (Phi) is 8.18. The Hall–Kier alpha value is -3.21. The predicted octanol–water partition coefficient (Wildman–Crippen LogP) is 6.39. The van der Waals surface area contributed by atoms with Crippen molar-refractivity contribution in [2.24, 2.45) is 0 Å². The Morgan fingerprint density at radius 1 is 0.892 bits per heavy atom. The van der Waals surface area contributed by atoms with Crippen LogP contribution in [0.4, 0.5) is 5.69 Å². The fourth-order valence-electron chi connectivity index (χ4n) is 5.46. The third-order valence-electron chi connectivity index (χ3n) is 7.71. The van der Waals surface area contributed by atoms with Crippen LogP contribution in [0.25, 0.3) is 5.57 Å². The highest BCUT2D eigenvalue weighted by Gasteiger charge is 2.18. The number of rotatable bonds is 7. The summed E-state index contributed by atoms with van der Waals surface area (Å²) in [5.74, 6) is 0.354. The van der Waals surface area contributed by atoms with E-state index in [4.69, 9.17) is 4.74 Å². The van der Waals surface area contributed by atoms with Gasteiger partial charge in [0, 0.05) is 30.8 Å². The lowest BCUT2D eigenvalue weighted by Crippen LogP contribution is -2.36. The van der Waals surface area contributed by atoms with Crippen molar-refractivity contribution in [2.45, 2.75) is 39.0 Å². The summed E-state index contributed by atoms with van der Waals surface area (Å²) in [5, 5.41) is 3.48. The highest BCUT2D eigenvalue weighted by Crippen LogP contribution is 2.33. The number of anilines is 1. The third kappa shape index (κ3) is 6.20. The topological polar surface area (TPSA) is 41.6 Å². The molecule has 0 aliphatic carbocycles. The molecule has 2 saturated heterocycles. The van der Waals surface area contributed by atoms with Crippen molar-refractivity contribution >= 4 is 17.0 Å². The molecule has 2 heterocycles. The van der Waals surface area contributed by atoms with Crippen molar-refractivity contribution in [3.8, 4) is 0 Å². The molecule has 2 aliphatic heterocycles. The molecule has 192 valence electrons. The molecule has 0 spiro atoms. The molecule has 2 aliphatic rings. The number of ether oxygens (including phenoxy) is 1. The minimum absolute atomic E-state index is 0.156. The molecule has 0 unspecified atom stereocenters. The fourth-order valence-corrected chi connectivity index (χ4v) is 5.46. The largest absolute Gasteiger partial charge is 0.378 e. The van der Waals surface area contributed by atoms with Gasteiger partial charge in [-0.05, 0) is 73.2 Å². The Bertz CT molecular complexity index is 1230. The predicted molar refractivity (Wildman–Crippen MR) is 153 cm³/mol. The molecule has 0 saturated carbocycles. The zero-order chi connectivity index (χ0) is 25.6. The van der Waals surface area contributed by atoms with Gasteiger partial charge in [0.1, 0.15) is 0 Å². The summed E-state index contributed by atoms with van der Waals surface area (Å²) in [4.78, 5) is 15.5. The van der Waals surface area contributed by atoms with E-state index >= 15 is 0 Å². The fraction of sp³-hybridized carbons (Fsp3) is 0.364. The molecule has 0 amide bonds. The zero-order valence-electron chi connectivity index (χ0n) is 22.1. The van der Waals surface area contributed by atoms with Crippen LogP contribution in [0.15, 0.2) is 78.4 Å². The highest BCUT2D eigenvalue weighted by molar-refractivity contribution is 5.97. The molecule has 0 bridgehead atoms. The van der Waals surface area contributed by atoms with Crippen LogP contribution >= 0.6 is 0 Å². The quantitative estimate of drug-likeness (QED) is 0.386. The molecule has 3 aromatic carbocycles. The maximum atomic E-state index is 13.2. The lowest BCUT2D eigenvalue weighted by Gasteiger charge is -2.29. The van der Waals surface area contributed by atoms with E-state index in [9.17, 15) is 4.79 Å². The SMILES string of the molecule is Cc1ccc(C(=C2CCNCC2)c2ccc([C@@H](C)CC(=O)c3cccc(N4CCOCC4)c3)cc2)cc1. The van der Waals surface area contributed by atoms with E-state index in [0.29, 0.717) is 6.42 Å². The van der Waals surface area contributed by atoms with Crippen molar-refractivity contribution in [3.63, 3.8) is 0 Å². The van der Waals surface area contributed by atoms with Gasteiger partial charge in [0.2, 0.25) is 0 Å². The Labute approximate surface area is 221 Å². The lowest BCUT2D eigenvalue weighted by molar-refractivity contribution is 0.0975. The van der Waals surface area contributed by atoms with E-state index in [0.717, 1.165) is 63.5 Å². The molecular weight excluding hydrogens is 456 g/mol. The monoisotopic (exact) mass is 494 g/mol. The van der Waals surface area contributed by atoms with Crippen molar-refractivity contribution in [1.82, 2.24) is 5.32 Å². The minimum Gasteiger partial charge on any atom is -0.378 e. The van der Waals surface area contributed by atoms with Crippen LogP contribution in [0, 0.1) is 6.92 Å². The van der Waals surface area contributed by atoms with Crippen LogP contribution in [-0.4, -0.2) is 45.2 Å². The van der Waals surface area contributed by atoms with Crippen molar-refractivity contribution in [2.75, 3.05) is 44.3 Å². The second-order valence-electron chi connectivity index (χ2n) is 10.4. The van der Waals surface area contributed by atoms with E-state index in [2.05, 4.69) is 78.7 Å². The Morgan fingerprint density at radius 2 is 1.54 bits per heavy atom. The maximum absolute atomic E-state index is 13.2. The van der Waals surface area contributed by atoms with E-state index in [1.165, 1.54) is 33.4 Å². The average Bonchev–Trinajstić information content (AvgIpc) is 2.96. The van der Waals surface area contributed by atoms with Gasteiger partial charge in [0.25, 0.3) is 0 Å². The average molecular weight is 495 g/mol. The number of piperidine rings is 1. The van der Waals surface area contributed by atoms with Crippen molar-refractivity contribution in [1.29, 1.82) is 0 Å². The molecule has 1 N–H and O–H groups in total. The van der Waals surface area contributed by atoms with Gasteiger partial charge in [-0.1, -0.05) is 78.7 Å². The van der Waals surface area contributed by atoms with E-state index < -0.39 is 0 Å². The number of hydrogen-bond acceptors (Lipinski definition) is 4. The summed E-state index contributed by atoms with van der Waals surface area (Å²) in [6, 6.07) is 25.9. The van der Waals surface area contributed by atoms with Crippen LogP contribution in [-0.2, 0) is 4.74 Å². The molecule has 37 heavy (non-hydrogen) atoms. The summed E-state index contributed by atoms with van der Waals surface area (Å²) in [6.45, 7) is 9.59. The maximum Gasteiger partial charge on any atom is 0.163 e. The van der Waals surface area contributed by atoms with Crippen LogP contribution in [0.3, 0.4) is 0 Å². The number of benzene rings is 3. The van der Waals surface area contributed by atoms with Gasteiger partial charge < -0.3 is 15.0 Å². The summed E-state index contributed by atoms with van der Waals surface area (Å²) in [6.07, 6.45) is 2.67. The van der Waals surface area contributed by atoms with Crippen molar-refractivity contribution in [3.05, 3.63) is 106 Å². The molecule has 2 fully saturated rings. The summed E-state index contributed by atoms with van der Waals surface area (Å²) >= 11 is 0. The number of Topliss-reactive ketones (excluding diaryl/α,β-unsaturated/α-hetero) is 1. The molecule has 0 aromatic heterocycles. The smallest absolute Gasteiger partial charge is 0.163 e. The summed E-state index contributed by atoms with van der Waals surface area (Å²) < 4.78 is 5.47. The number of morpholine rings is 1. The molecule has 4 nitrogen and oxygen atoms in total. The van der Waals surface area contributed by atoms with Gasteiger partial charge in [-0.2, -0.15) is 0 Å². The Morgan fingerprint density at radius 3 is 2.22 bits per heavy atom. The number of nitrogens with one attached hydrogen (secondary N) is 1. The number of carbonyl (C=O) groups excluding carboxylic acids is 1. The first kappa shape index (κ1) is 25.4. The van der Waals surface area contributed by atoms with Crippen LogP contribution < -0.4 is 10.2 Å². The summed E-state index contributed by atoms with van der Waals surface area (Å²) in [5.41, 5.74) is 9.85. The van der Waals surface area contributed by atoms with Gasteiger partial charge in [-0.25, -0.2) is 0 Å². The zero-order valence-corrected chi connectivity index (χ0v) is 22.1. The second kappa shape index (κ2) is 11.9. The standard InChI is InChI=1S/C33H38N2O2/c1-24-6-8-27(9-7-24)33(29-14-16-34-17-15-29)28-12-10-26(11-13-28)25(2)22-32(36)30-4-3-5-31(23-30)35-18-20-37-21-19-35/h3-13,23,25,34H,14-22H2,1-2H3/t25-/m0/s1. The second-order valence-corrected chi connectivity index (χ2v) is 10.4. The number of carbonyl (C=O) groups is 1. The molecule has 3 aromatic rings. The highest BCUT2D eigenvalue weighted by atomic mass is 16.5. The van der Waals surface area contributed by atoms with Crippen molar-refractivity contribution < 1.29 is 9.53 Å². The number of hydrogen-bond donors (Lipinski definition) is 1. The minimum atomic E-state index is 0.156. The molecular formula is C33H38N2O2. The van der Waals surface area contributed by atoms with Gasteiger partial charge in [0.05, 0.1) is 13.2 Å². The van der Waals surface area contributed by atoms with Crippen LogP contribution in [0.1, 0.15) is 64.7 Å². The third-order valence-corrected chi connectivity index (χ3v) is 7.71. The lowest BCUT2D eigenvalue weighted by atomic mass is 9.86. The van der Waals surface area contributed by atoms with Gasteiger partial charge >= 0.3 is 0 Å². The number of aryl methyl sites for hydroxylation is 1. The summed E-state index contributed by atoms with van der Waals surface area (Å²) in [7, 11) is 0. The molecule has 4 heteroatoms. The first-order valence-electron chi connectivity index (χ1n) is 13.6. The van der Waals surface area contributed by atoms with Crippen LogP contribution in [0.5, 0.6) is 0 Å². The van der Waals surface area contributed by atoms with Gasteiger partial charge in [-0.3, -0.25) is 4.79 Å².